The van der Waals surface area contributed by atoms with Crippen LogP contribution < -0.4 is 10.0 Å². The Morgan fingerprint density at radius 2 is 1.79 bits per heavy atom. The molecule has 0 aliphatic heterocycles. The van der Waals surface area contributed by atoms with Crippen molar-refractivity contribution >= 4 is 21.9 Å². The highest BCUT2D eigenvalue weighted by molar-refractivity contribution is 7.89. The van der Waals surface area contributed by atoms with E-state index >= 15 is 0 Å². The van der Waals surface area contributed by atoms with Gasteiger partial charge in [0.2, 0.25) is 10.0 Å². The molecule has 0 aromatic heterocycles. The van der Waals surface area contributed by atoms with Crippen molar-refractivity contribution in [3.05, 3.63) is 29.3 Å². The molecule has 2 N–H and O–H groups in total. The van der Waals surface area contributed by atoms with Crippen LogP contribution in [0.4, 0.5) is 0 Å². The number of benzene rings is 1. The molecule has 1 aromatic carbocycles. The molecule has 1 atom stereocenters. The number of esters is 1. The lowest BCUT2D eigenvalue weighted by Crippen LogP contribution is -2.43. The quantitative estimate of drug-likeness (QED) is 0.531. The maximum atomic E-state index is 12.4. The summed E-state index contributed by atoms with van der Waals surface area (Å²) in [6.45, 7) is 4.44. The van der Waals surface area contributed by atoms with Crippen molar-refractivity contribution in [2.45, 2.75) is 76.3 Å². The molecule has 1 fully saturated rings. The summed E-state index contributed by atoms with van der Waals surface area (Å²) < 4.78 is 32.2. The molecule has 0 heterocycles. The van der Waals surface area contributed by atoms with Crippen molar-refractivity contribution in [1.82, 2.24) is 10.0 Å². The van der Waals surface area contributed by atoms with Gasteiger partial charge < -0.3 is 10.1 Å². The minimum Gasteiger partial charge on any atom is -0.452 e. The Bertz CT molecular complexity index is 799. The average Bonchev–Trinajstić information content (AvgIpc) is 2.90. The zero-order valence-corrected chi connectivity index (χ0v) is 17.6. The number of ether oxygens (including phenoxy) is 1. The third-order valence-corrected chi connectivity index (χ3v) is 6.46. The lowest BCUT2D eigenvalue weighted by molar-refractivity contribution is -0.153. The zero-order valence-electron chi connectivity index (χ0n) is 16.8. The lowest BCUT2D eigenvalue weighted by atomic mass is 10.1. The van der Waals surface area contributed by atoms with E-state index in [-0.39, 0.29) is 16.8 Å². The molecule has 156 valence electrons. The number of carbonyl (C=O) groups excluding carboxylic acids is 2. The van der Waals surface area contributed by atoms with Gasteiger partial charge in [-0.3, -0.25) is 9.59 Å². The van der Waals surface area contributed by atoms with Crippen molar-refractivity contribution in [2.75, 3.05) is 6.54 Å². The molecule has 28 heavy (non-hydrogen) atoms. The molecule has 7 nitrogen and oxygen atoms in total. The SMILES string of the molecule is Cc1ccc(C)c(S(=O)(=O)NCC(=O)O[C@H](C)C(=O)NC2CCCCCC2)c1. The van der Waals surface area contributed by atoms with E-state index in [1.807, 2.05) is 6.07 Å². The number of aryl methyl sites for hydroxylation is 2. The van der Waals surface area contributed by atoms with Gasteiger partial charge in [0.1, 0.15) is 6.54 Å². The third-order valence-electron chi connectivity index (χ3n) is 4.92. The van der Waals surface area contributed by atoms with Gasteiger partial charge in [0.25, 0.3) is 5.91 Å². The van der Waals surface area contributed by atoms with E-state index in [2.05, 4.69) is 10.0 Å². The maximum Gasteiger partial charge on any atom is 0.321 e. The number of rotatable bonds is 7. The number of amides is 1. The number of hydrogen-bond acceptors (Lipinski definition) is 5. The van der Waals surface area contributed by atoms with Crippen molar-refractivity contribution in [1.29, 1.82) is 0 Å². The monoisotopic (exact) mass is 410 g/mol. The van der Waals surface area contributed by atoms with Gasteiger partial charge >= 0.3 is 5.97 Å². The minimum absolute atomic E-state index is 0.110. The minimum atomic E-state index is -3.84. The van der Waals surface area contributed by atoms with Crippen LogP contribution in [0.1, 0.15) is 56.6 Å². The van der Waals surface area contributed by atoms with Crippen molar-refractivity contribution < 1.29 is 22.7 Å². The Labute approximate surface area is 167 Å². The van der Waals surface area contributed by atoms with Crippen LogP contribution in [0.25, 0.3) is 0 Å². The molecule has 2 rings (SSSR count). The predicted octanol–water partition coefficient (Wildman–Crippen LogP) is 2.35. The molecule has 0 bridgehead atoms. The predicted molar refractivity (Wildman–Crippen MR) is 106 cm³/mol. The van der Waals surface area contributed by atoms with Gasteiger partial charge in [-0.05, 0) is 50.8 Å². The van der Waals surface area contributed by atoms with E-state index in [4.69, 9.17) is 4.74 Å². The maximum absolute atomic E-state index is 12.4. The van der Waals surface area contributed by atoms with Crippen LogP contribution in [-0.4, -0.2) is 39.0 Å². The van der Waals surface area contributed by atoms with Gasteiger partial charge in [0.05, 0.1) is 4.90 Å². The fourth-order valence-electron chi connectivity index (χ4n) is 3.26. The summed E-state index contributed by atoms with van der Waals surface area (Å²) in [6.07, 6.45) is 5.42. The molecule has 8 heteroatoms. The first-order valence-corrected chi connectivity index (χ1v) is 11.2. The van der Waals surface area contributed by atoms with Crippen molar-refractivity contribution in [2.24, 2.45) is 0 Å². The molecule has 1 aliphatic rings. The van der Waals surface area contributed by atoms with Crippen LogP contribution in [-0.2, 0) is 24.3 Å². The Kier molecular flexibility index (Phi) is 8.00. The van der Waals surface area contributed by atoms with E-state index in [9.17, 15) is 18.0 Å². The summed E-state index contributed by atoms with van der Waals surface area (Å²) >= 11 is 0. The summed E-state index contributed by atoms with van der Waals surface area (Å²) in [4.78, 5) is 24.4. The van der Waals surface area contributed by atoms with Crippen LogP contribution in [0.5, 0.6) is 0 Å². The van der Waals surface area contributed by atoms with E-state index in [1.54, 1.807) is 26.0 Å². The normalized spacial score (nSPS) is 16.8. The molecule has 0 unspecified atom stereocenters. The van der Waals surface area contributed by atoms with E-state index < -0.39 is 28.6 Å². The first-order valence-electron chi connectivity index (χ1n) is 9.76. The van der Waals surface area contributed by atoms with E-state index in [0.717, 1.165) is 31.2 Å². The second-order valence-electron chi connectivity index (χ2n) is 7.42. The first kappa shape index (κ1) is 22.4. The Morgan fingerprint density at radius 1 is 1.14 bits per heavy atom. The molecule has 1 aromatic rings. The van der Waals surface area contributed by atoms with Crippen LogP contribution in [0, 0.1) is 13.8 Å². The largest absolute Gasteiger partial charge is 0.452 e. The smallest absolute Gasteiger partial charge is 0.321 e. The summed E-state index contributed by atoms with van der Waals surface area (Å²) in [5.41, 5.74) is 1.39. The van der Waals surface area contributed by atoms with Crippen molar-refractivity contribution in [3.63, 3.8) is 0 Å². The number of nitrogens with one attached hydrogen (secondary N) is 2. The fourth-order valence-corrected chi connectivity index (χ4v) is 4.56. The van der Waals surface area contributed by atoms with Crippen molar-refractivity contribution in [3.8, 4) is 0 Å². The molecular formula is C20H30N2O5S. The van der Waals surface area contributed by atoms with Gasteiger partial charge in [-0.25, -0.2) is 8.42 Å². The number of hydrogen-bond donors (Lipinski definition) is 2. The first-order chi connectivity index (χ1) is 13.2. The van der Waals surface area contributed by atoms with Crippen LogP contribution >= 0.6 is 0 Å². The topological polar surface area (TPSA) is 102 Å². The number of carbonyl (C=O) groups is 2. The van der Waals surface area contributed by atoms with Gasteiger partial charge in [0, 0.05) is 6.04 Å². The summed E-state index contributed by atoms with van der Waals surface area (Å²) in [6, 6.07) is 5.18. The lowest BCUT2D eigenvalue weighted by Gasteiger charge is -2.19. The average molecular weight is 411 g/mol. The second-order valence-corrected chi connectivity index (χ2v) is 9.16. The molecule has 1 saturated carbocycles. The van der Waals surface area contributed by atoms with Gasteiger partial charge in [-0.15, -0.1) is 0 Å². The summed E-state index contributed by atoms with van der Waals surface area (Å²) in [5, 5.41) is 2.92. The van der Waals surface area contributed by atoms with Crippen LogP contribution in [0.2, 0.25) is 0 Å². The molecular weight excluding hydrogens is 380 g/mol. The Balaban J connectivity index is 1.85. The third kappa shape index (κ3) is 6.60. The molecule has 1 amide bonds. The van der Waals surface area contributed by atoms with Gasteiger partial charge in [-0.2, -0.15) is 4.72 Å². The van der Waals surface area contributed by atoms with Crippen LogP contribution in [0.3, 0.4) is 0 Å². The standard InChI is InChI=1S/C20H30N2O5S/c1-14-10-11-15(2)18(12-14)28(25,26)21-13-19(23)27-16(3)20(24)22-17-8-6-4-5-7-9-17/h10-12,16-17,21H,4-9,13H2,1-3H3,(H,22,24)/t16-/m1/s1. The zero-order chi connectivity index (χ0) is 20.7. The molecule has 0 radical (unpaired) electrons. The summed E-state index contributed by atoms with van der Waals surface area (Å²) in [5.74, 6) is -1.14. The summed E-state index contributed by atoms with van der Waals surface area (Å²) in [7, 11) is -3.84. The highest BCUT2D eigenvalue weighted by Crippen LogP contribution is 2.18. The Hall–Kier alpha value is -1.93. The molecule has 1 aliphatic carbocycles. The van der Waals surface area contributed by atoms with E-state index in [1.165, 1.54) is 19.8 Å². The second kappa shape index (κ2) is 10.0. The van der Waals surface area contributed by atoms with Crippen LogP contribution in [0.15, 0.2) is 23.1 Å². The number of sulfonamides is 1. The van der Waals surface area contributed by atoms with E-state index in [0.29, 0.717) is 5.56 Å². The Morgan fingerprint density at radius 3 is 2.43 bits per heavy atom. The molecule has 0 spiro atoms. The highest BCUT2D eigenvalue weighted by Gasteiger charge is 2.23. The fraction of sp³-hybridized carbons (Fsp3) is 0.600. The van der Waals surface area contributed by atoms with Gasteiger partial charge in [0.15, 0.2) is 6.10 Å². The molecule has 0 saturated heterocycles. The van der Waals surface area contributed by atoms with Gasteiger partial charge in [-0.1, -0.05) is 37.8 Å². The highest BCUT2D eigenvalue weighted by atomic mass is 32.2.